The van der Waals surface area contributed by atoms with Gasteiger partial charge in [0.1, 0.15) is 0 Å². The maximum Gasteiger partial charge on any atom is 0.0586 e. The summed E-state index contributed by atoms with van der Waals surface area (Å²) in [5.74, 6) is 1.02. The van der Waals surface area contributed by atoms with Crippen molar-refractivity contribution in [2.75, 3.05) is 32.8 Å². The fraction of sp³-hybridized carbons (Fsp3) is 1.00. The first-order valence-corrected chi connectivity index (χ1v) is 8.96. The Morgan fingerprint density at radius 2 is 1.50 bits per heavy atom. The summed E-state index contributed by atoms with van der Waals surface area (Å²) in [5.41, 5.74) is 0. The SMILES string of the molecule is OCC1CCCN1CC1CCCN1CCC1CCCC1. The summed E-state index contributed by atoms with van der Waals surface area (Å²) in [4.78, 5) is 5.31. The topological polar surface area (TPSA) is 26.7 Å². The first-order valence-electron chi connectivity index (χ1n) is 8.96. The largest absolute Gasteiger partial charge is 0.395 e. The second-order valence-corrected chi connectivity index (χ2v) is 7.24. The van der Waals surface area contributed by atoms with Gasteiger partial charge in [-0.3, -0.25) is 9.80 Å². The van der Waals surface area contributed by atoms with Gasteiger partial charge in [-0.15, -0.1) is 0 Å². The Balaban J connectivity index is 1.45. The van der Waals surface area contributed by atoms with Crippen LogP contribution in [0, 0.1) is 5.92 Å². The molecule has 0 spiro atoms. The molecule has 3 fully saturated rings. The lowest BCUT2D eigenvalue weighted by Crippen LogP contribution is -2.43. The van der Waals surface area contributed by atoms with Crippen molar-refractivity contribution in [2.45, 2.75) is 69.9 Å². The summed E-state index contributed by atoms with van der Waals surface area (Å²) in [6.45, 7) is 5.41. The van der Waals surface area contributed by atoms with E-state index in [4.69, 9.17) is 0 Å². The third-order valence-electron chi connectivity index (χ3n) is 5.95. The number of nitrogens with zero attached hydrogens (tertiary/aromatic N) is 2. The second kappa shape index (κ2) is 7.24. The number of aliphatic hydroxyl groups is 1. The number of hydrogen-bond donors (Lipinski definition) is 1. The second-order valence-electron chi connectivity index (χ2n) is 7.24. The summed E-state index contributed by atoms with van der Waals surface area (Å²) in [6.07, 6.45) is 12.6. The summed E-state index contributed by atoms with van der Waals surface area (Å²) in [5, 5.41) is 9.47. The van der Waals surface area contributed by atoms with Crippen LogP contribution in [0.1, 0.15) is 57.8 Å². The Bertz CT molecular complexity index is 291. The smallest absolute Gasteiger partial charge is 0.0586 e. The molecule has 1 aliphatic carbocycles. The van der Waals surface area contributed by atoms with Crippen molar-refractivity contribution in [3.05, 3.63) is 0 Å². The third kappa shape index (κ3) is 3.55. The van der Waals surface area contributed by atoms with E-state index in [9.17, 15) is 5.11 Å². The predicted octanol–water partition coefficient (Wildman–Crippen LogP) is 2.49. The molecule has 0 amide bonds. The molecule has 0 bridgehead atoms. The van der Waals surface area contributed by atoms with Crippen molar-refractivity contribution in [3.63, 3.8) is 0 Å². The first kappa shape index (κ1) is 14.8. The minimum absolute atomic E-state index is 0.356. The highest BCUT2D eigenvalue weighted by atomic mass is 16.3. The van der Waals surface area contributed by atoms with Crippen LogP contribution in [0.5, 0.6) is 0 Å². The molecule has 0 aromatic heterocycles. The highest BCUT2D eigenvalue weighted by molar-refractivity contribution is 4.87. The number of likely N-dealkylation sites (tertiary alicyclic amines) is 2. The average Bonchev–Trinajstić information content (AvgIpc) is 3.19. The van der Waals surface area contributed by atoms with E-state index in [0.717, 1.165) is 12.0 Å². The van der Waals surface area contributed by atoms with Gasteiger partial charge in [0.25, 0.3) is 0 Å². The molecule has 2 saturated heterocycles. The summed E-state index contributed by atoms with van der Waals surface area (Å²) >= 11 is 0. The number of hydrogen-bond acceptors (Lipinski definition) is 3. The zero-order valence-electron chi connectivity index (χ0n) is 13.0. The molecule has 20 heavy (non-hydrogen) atoms. The van der Waals surface area contributed by atoms with Crippen LogP contribution >= 0.6 is 0 Å². The minimum atomic E-state index is 0.356. The molecule has 0 aromatic rings. The summed E-state index contributed by atoms with van der Waals surface area (Å²) in [6, 6.07) is 1.22. The molecule has 0 radical (unpaired) electrons. The van der Waals surface area contributed by atoms with Crippen molar-refractivity contribution in [3.8, 4) is 0 Å². The van der Waals surface area contributed by atoms with Gasteiger partial charge < -0.3 is 5.11 Å². The Labute approximate surface area is 124 Å². The van der Waals surface area contributed by atoms with Gasteiger partial charge in [-0.2, -0.15) is 0 Å². The van der Waals surface area contributed by atoms with E-state index >= 15 is 0 Å². The zero-order valence-corrected chi connectivity index (χ0v) is 13.0. The molecule has 2 aliphatic heterocycles. The van der Waals surface area contributed by atoms with Crippen LogP contribution in [0.4, 0.5) is 0 Å². The quantitative estimate of drug-likeness (QED) is 0.810. The Kier molecular flexibility index (Phi) is 5.36. The van der Waals surface area contributed by atoms with E-state index in [2.05, 4.69) is 9.80 Å². The maximum atomic E-state index is 9.47. The van der Waals surface area contributed by atoms with Gasteiger partial charge in [-0.1, -0.05) is 25.7 Å². The fourth-order valence-corrected chi connectivity index (χ4v) is 4.66. The molecule has 0 aromatic carbocycles. The van der Waals surface area contributed by atoms with Crippen molar-refractivity contribution in [1.82, 2.24) is 9.80 Å². The molecule has 2 unspecified atom stereocenters. The van der Waals surface area contributed by atoms with Gasteiger partial charge >= 0.3 is 0 Å². The predicted molar refractivity (Wildman–Crippen MR) is 82.9 cm³/mol. The van der Waals surface area contributed by atoms with Crippen LogP contribution in [0.25, 0.3) is 0 Å². The molecule has 2 heterocycles. The van der Waals surface area contributed by atoms with E-state index in [0.29, 0.717) is 12.6 Å². The van der Waals surface area contributed by atoms with Crippen molar-refractivity contribution in [2.24, 2.45) is 5.92 Å². The van der Waals surface area contributed by atoms with Crippen molar-refractivity contribution < 1.29 is 5.11 Å². The van der Waals surface area contributed by atoms with Gasteiger partial charge in [0.2, 0.25) is 0 Å². The molecule has 3 nitrogen and oxygen atoms in total. The van der Waals surface area contributed by atoms with Crippen LogP contribution < -0.4 is 0 Å². The molecular formula is C17H32N2O. The van der Waals surface area contributed by atoms with Gasteiger partial charge in [0.15, 0.2) is 0 Å². The fourth-order valence-electron chi connectivity index (χ4n) is 4.66. The van der Waals surface area contributed by atoms with Crippen molar-refractivity contribution >= 4 is 0 Å². The minimum Gasteiger partial charge on any atom is -0.395 e. The molecule has 2 atom stereocenters. The lowest BCUT2D eigenvalue weighted by atomic mass is 10.0. The summed E-state index contributed by atoms with van der Waals surface area (Å²) in [7, 11) is 0. The summed E-state index contributed by atoms with van der Waals surface area (Å²) < 4.78 is 0. The Hall–Kier alpha value is -0.120. The van der Waals surface area contributed by atoms with Gasteiger partial charge in [0, 0.05) is 18.6 Å². The van der Waals surface area contributed by atoms with Crippen LogP contribution in [-0.2, 0) is 0 Å². The third-order valence-corrected chi connectivity index (χ3v) is 5.95. The molecule has 3 aliphatic rings. The Morgan fingerprint density at radius 3 is 2.25 bits per heavy atom. The monoisotopic (exact) mass is 280 g/mol. The molecule has 3 rings (SSSR count). The molecule has 1 N–H and O–H groups in total. The van der Waals surface area contributed by atoms with E-state index in [1.807, 2.05) is 0 Å². The van der Waals surface area contributed by atoms with Crippen LogP contribution in [-0.4, -0.2) is 59.8 Å². The number of rotatable bonds is 6. The normalized spacial score (nSPS) is 33.5. The maximum absolute atomic E-state index is 9.47. The van der Waals surface area contributed by atoms with E-state index < -0.39 is 0 Å². The van der Waals surface area contributed by atoms with Crippen LogP contribution in [0.2, 0.25) is 0 Å². The highest BCUT2D eigenvalue weighted by Crippen LogP contribution is 2.29. The van der Waals surface area contributed by atoms with E-state index in [1.165, 1.54) is 84.0 Å². The zero-order chi connectivity index (χ0) is 13.8. The lowest BCUT2D eigenvalue weighted by molar-refractivity contribution is 0.120. The molecule has 116 valence electrons. The highest BCUT2D eigenvalue weighted by Gasteiger charge is 2.31. The van der Waals surface area contributed by atoms with Crippen molar-refractivity contribution in [1.29, 1.82) is 0 Å². The number of aliphatic hydroxyl groups excluding tert-OH is 1. The van der Waals surface area contributed by atoms with Crippen LogP contribution in [0.15, 0.2) is 0 Å². The molecule has 3 heteroatoms. The average molecular weight is 280 g/mol. The van der Waals surface area contributed by atoms with Crippen LogP contribution in [0.3, 0.4) is 0 Å². The standard InChI is InChI=1S/C17H32N2O/c20-14-17-8-4-11-19(17)13-16-7-3-10-18(16)12-9-15-5-1-2-6-15/h15-17,20H,1-14H2. The molecule has 1 saturated carbocycles. The lowest BCUT2D eigenvalue weighted by Gasteiger charge is -2.31. The Morgan fingerprint density at radius 1 is 0.800 bits per heavy atom. The van der Waals surface area contributed by atoms with Gasteiger partial charge in [0.05, 0.1) is 6.61 Å². The molecular weight excluding hydrogens is 248 g/mol. The van der Waals surface area contributed by atoms with E-state index in [1.54, 1.807) is 0 Å². The van der Waals surface area contributed by atoms with E-state index in [-0.39, 0.29) is 0 Å². The van der Waals surface area contributed by atoms with Gasteiger partial charge in [-0.05, 0) is 57.7 Å². The first-order chi connectivity index (χ1) is 9.86. The van der Waals surface area contributed by atoms with Gasteiger partial charge in [-0.25, -0.2) is 0 Å².